The third-order valence-electron chi connectivity index (χ3n) is 4.87. The first kappa shape index (κ1) is 29.2. The molecule has 7 nitrogen and oxygen atoms in total. The van der Waals surface area contributed by atoms with Gasteiger partial charge in [0, 0.05) is 62.3 Å². The molecule has 176 valence electrons. The lowest BCUT2D eigenvalue weighted by Crippen LogP contribution is -2.49. The highest BCUT2D eigenvalue weighted by molar-refractivity contribution is 5.86. The number of nitrogens with zero attached hydrogens (tertiary/aromatic N) is 2. The Morgan fingerprint density at radius 3 is 1.94 bits per heavy atom. The van der Waals surface area contributed by atoms with Crippen LogP contribution in [0.3, 0.4) is 0 Å². The topological polar surface area (TPSA) is 80.4 Å². The average molecular weight is 497 g/mol. The summed E-state index contributed by atoms with van der Waals surface area (Å²) in [5.41, 5.74) is 7.44. The number of benzene rings is 2. The van der Waals surface area contributed by atoms with E-state index in [1.807, 2.05) is 30.3 Å². The van der Waals surface area contributed by atoms with Gasteiger partial charge in [-0.25, -0.2) is 0 Å². The van der Waals surface area contributed by atoms with Gasteiger partial charge in [-0.05, 0) is 24.3 Å². The molecule has 0 aromatic heterocycles. The quantitative estimate of drug-likeness (QED) is 0.544. The fourth-order valence-corrected chi connectivity index (χ4v) is 3.27. The van der Waals surface area contributed by atoms with Crippen LogP contribution < -0.4 is 24.8 Å². The summed E-state index contributed by atoms with van der Waals surface area (Å²) < 4.78 is 16.4. The molecule has 0 aliphatic carbocycles. The van der Waals surface area contributed by atoms with E-state index >= 15 is 0 Å². The van der Waals surface area contributed by atoms with Gasteiger partial charge in [-0.15, -0.1) is 37.2 Å². The minimum absolute atomic E-state index is 0. The molecule has 0 spiro atoms. The van der Waals surface area contributed by atoms with Gasteiger partial charge in [0.05, 0.1) is 14.2 Å². The van der Waals surface area contributed by atoms with Crippen molar-refractivity contribution in [3.8, 4) is 17.2 Å². The number of rotatable bonds is 8. The average Bonchev–Trinajstić information content (AvgIpc) is 2.73. The van der Waals surface area contributed by atoms with E-state index in [4.69, 9.17) is 19.9 Å². The summed E-state index contributed by atoms with van der Waals surface area (Å²) in [5, 5.41) is 10.3. The van der Waals surface area contributed by atoms with Crippen molar-refractivity contribution in [3.63, 3.8) is 0 Å². The van der Waals surface area contributed by atoms with Gasteiger partial charge in [-0.1, -0.05) is 0 Å². The van der Waals surface area contributed by atoms with Crippen LogP contribution in [0.4, 0.5) is 11.4 Å². The summed E-state index contributed by atoms with van der Waals surface area (Å²) >= 11 is 0. The zero-order chi connectivity index (χ0) is 19.9. The number of halogens is 3. The fourth-order valence-electron chi connectivity index (χ4n) is 3.27. The zero-order valence-electron chi connectivity index (χ0n) is 17.7. The van der Waals surface area contributed by atoms with Crippen molar-refractivity contribution in [2.24, 2.45) is 0 Å². The summed E-state index contributed by atoms with van der Waals surface area (Å²) in [7, 11) is 3.31. The van der Waals surface area contributed by atoms with Crippen LogP contribution in [-0.2, 0) is 0 Å². The molecular formula is C21H32Cl3N3O4. The monoisotopic (exact) mass is 495 g/mol. The molecule has 0 bridgehead atoms. The van der Waals surface area contributed by atoms with Crippen molar-refractivity contribution in [2.45, 2.75) is 6.10 Å². The molecule has 0 saturated carbocycles. The Balaban J connectivity index is 0.00000300. The number of nitrogens with two attached hydrogens (primary N) is 1. The molecule has 10 heteroatoms. The second-order valence-corrected chi connectivity index (χ2v) is 6.89. The molecule has 1 fully saturated rings. The fraction of sp³-hybridized carbons (Fsp3) is 0.429. The predicted molar refractivity (Wildman–Crippen MR) is 132 cm³/mol. The van der Waals surface area contributed by atoms with Crippen LogP contribution in [0.25, 0.3) is 0 Å². The molecule has 31 heavy (non-hydrogen) atoms. The summed E-state index contributed by atoms with van der Waals surface area (Å²) in [6.45, 7) is 4.35. The largest absolute Gasteiger partial charge is 0.497 e. The van der Waals surface area contributed by atoms with Crippen LogP contribution in [0.1, 0.15) is 0 Å². The second-order valence-electron chi connectivity index (χ2n) is 6.89. The lowest BCUT2D eigenvalue weighted by molar-refractivity contribution is 0.0663. The maximum absolute atomic E-state index is 10.3. The molecular weight excluding hydrogens is 465 g/mol. The number of anilines is 2. The molecule has 3 N–H and O–H groups in total. The van der Waals surface area contributed by atoms with E-state index in [-0.39, 0.29) is 43.8 Å². The maximum Gasteiger partial charge on any atom is 0.124 e. The highest BCUT2D eigenvalue weighted by atomic mass is 35.5. The standard InChI is InChI=1S/C21H29N3O4.3ClH/c1-26-20-11-17(12-21(13-20)27-2)24-9-7-23(8-10-24)14-18(25)15-28-19-5-3-16(22)4-6-19;;;/h3-6,11-13,18,25H,7-10,14-15,22H2,1-2H3;3*1H. The third-order valence-corrected chi connectivity index (χ3v) is 4.87. The van der Waals surface area contributed by atoms with Gasteiger partial charge < -0.3 is 30.0 Å². The first-order valence-electron chi connectivity index (χ1n) is 9.44. The van der Waals surface area contributed by atoms with E-state index in [2.05, 4.69) is 9.80 Å². The number of aliphatic hydroxyl groups is 1. The van der Waals surface area contributed by atoms with Gasteiger partial charge >= 0.3 is 0 Å². The van der Waals surface area contributed by atoms with Crippen molar-refractivity contribution in [3.05, 3.63) is 42.5 Å². The summed E-state index contributed by atoms with van der Waals surface area (Å²) in [6, 6.07) is 13.1. The van der Waals surface area contributed by atoms with E-state index in [0.29, 0.717) is 18.0 Å². The van der Waals surface area contributed by atoms with Crippen molar-refractivity contribution < 1.29 is 19.3 Å². The molecule has 0 amide bonds. The minimum atomic E-state index is -0.541. The van der Waals surface area contributed by atoms with Crippen molar-refractivity contribution in [1.82, 2.24) is 4.90 Å². The van der Waals surface area contributed by atoms with Crippen molar-refractivity contribution >= 4 is 48.6 Å². The maximum atomic E-state index is 10.3. The van der Waals surface area contributed by atoms with E-state index in [1.54, 1.807) is 26.4 Å². The summed E-state index contributed by atoms with van der Waals surface area (Å²) in [4.78, 5) is 4.56. The molecule has 1 atom stereocenters. The molecule has 1 saturated heterocycles. The molecule has 1 aliphatic rings. The van der Waals surface area contributed by atoms with Crippen molar-refractivity contribution in [2.75, 3.05) is 64.2 Å². The number of hydrogen-bond acceptors (Lipinski definition) is 7. The number of ether oxygens (including phenoxy) is 3. The lowest BCUT2D eigenvalue weighted by Gasteiger charge is -2.37. The van der Waals surface area contributed by atoms with Crippen LogP contribution in [-0.4, -0.2) is 69.7 Å². The van der Waals surface area contributed by atoms with Crippen LogP contribution in [0.2, 0.25) is 0 Å². The Morgan fingerprint density at radius 2 is 1.42 bits per heavy atom. The Hall–Kier alpha value is -1.77. The lowest BCUT2D eigenvalue weighted by atomic mass is 10.2. The van der Waals surface area contributed by atoms with Gasteiger partial charge in [0.25, 0.3) is 0 Å². The van der Waals surface area contributed by atoms with Gasteiger partial charge in [-0.2, -0.15) is 0 Å². The van der Waals surface area contributed by atoms with Crippen molar-refractivity contribution in [1.29, 1.82) is 0 Å². The highest BCUT2D eigenvalue weighted by Crippen LogP contribution is 2.29. The van der Waals surface area contributed by atoms with Gasteiger partial charge in [-0.3, -0.25) is 4.90 Å². The van der Waals surface area contributed by atoms with Gasteiger partial charge in [0.2, 0.25) is 0 Å². The normalized spacial score (nSPS) is 14.4. The molecule has 2 aromatic carbocycles. The number of methoxy groups -OCH3 is 2. The van der Waals surface area contributed by atoms with Crippen LogP contribution >= 0.6 is 37.2 Å². The minimum Gasteiger partial charge on any atom is -0.497 e. The van der Waals surface area contributed by atoms with E-state index in [0.717, 1.165) is 43.4 Å². The Kier molecular flexibility index (Phi) is 13.5. The number of hydrogen-bond donors (Lipinski definition) is 2. The summed E-state index contributed by atoms with van der Waals surface area (Å²) in [5.74, 6) is 2.28. The van der Waals surface area contributed by atoms with Gasteiger partial charge in [0.15, 0.2) is 0 Å². The Labute approximate surface area is 202 Å². The first-order valence-corrected chi connectivity index (χ1v) is 9.44. The molecule has 0 radical (unpaired) electrons. The van der Waals surface area contributed by atoms with E-state index in [9.17, 15) is 5.11 Å². The number of piperazine rings is 1. The smallest absolute Gasteiger partial charge is 0.124 e. The van der Waals surface area contributed by atoms with Gasteiger partial charge in [0.1, 0.15) is 30.0 Å². The first-order chi connectivity index (χ1) is 13.6. The second kappa shape index (κ2) is 14.3. The zero-order valence-corrected chi connectivity index (χ0v) is 20.2. The van der Waals surface area contributed by atoms with E-state index < -0.39 is 6.10 Å². The number of β-amino-alcohol motifs (C(OH)–C–C–N with tert-alkyl or cyclic N) is 1. The molecule has 1 unspecified atom stereocenters. The van der Waals surface area contributed by atoms with Crippen LogP contribution in [0.15, 0.2) is 42.5 Å². The summed E-state index contributed by atoms with van der Waals surface area (Å²) in [6.07, 6.45) is -0.541. The van der Waals surface area contributed by atoms with Crippen LogP contribution in [0.5, 0.6) is 17.2 Å². The third kappa shape index (κ3) is 8.71. The Morgan fingerprint density at radius 1 is 0.871 bits per heavy atom. The van der Waals surface area contributed by atoms with Crippen LogP contribution in [0, 0.1) is 0 Å². The Bertz CT molecular complexity index is 738. The predicted octanol–water partition coefficient (Wildman–Crippen LogP) is 3.11. The SMILES string of the molecule is COc1cc(OC)cc(N2CCN(CC(O)COc3ccc(N)cc3)CC2)c1.Cl.Cl.Cl. The highest BCUT2D eigenvalue weighted by Gasteiger charge is 2.20. The van der Waals surface area contributed by atoms with E-state index in [1.165, 1.54) is 0 Å². The number of aliphatic hydroxyl groups excluding tert-OH is 1. The molecule has 3 rings (SSSR count). The molecule has 1 aliphatic heterocycles. The molecule has 1 heterocycles. The number of nitrogen functional groups attached to an aromatic ring is 1. The molecule has 2 aromatic rings.